The summed E-state index contributed by atoms with van der Waals surface area (Å²) in [6.45, 7) is 6.23. The molecule has 94 valence electrons. The third-order valence-corrected chi connectivity index (χ3v) is 3.24. The van der Waals surface area contributed by atoms with E-state index in [1.807, 2.05) is 6.92 Å². The van der Waals surface area contributed by atoms with Crippen LogP contribution < -0.4 is 5.73 Å². The number of hydrogen-bond acceptors (Lipinski definition) is 2. The van der Waals surface area contributed by atoms with Gasteiger partial charge < -0.3 is 10.8 Å². The van der Waals surface area contributed by atoms with Gasteiger partial charge in [-0.15, -0.1) is 0 Å². The summed E-state index contributed by atoms with van der Waals surface area (Å²) in [4.78, 5) is 10.6. The molecule has 1 unspecified atom stereocenters. The molecular weight excluding hydrogens is 214 g/mol. The molecule has 3 nitrogen and oxygen atoms in total. The van der Waals surface area contributed by atoms with Gasteiger partial charge in [-0.2, -0.15) is 0 Å². The topological polar surface area (TPSA) is 63.3 Å². The Kier molecular flexibility index (Phi) is 4.70. The van der Waals surface area contributed by atoms with E-state index in [4.69, 9.17) is 10.8 Å². The van der Waals surface area contributed by atoms with Crippen LogP contribution in [-0.2, 0) is 11.2 Å². The molecule has 0 aliphatic rings. The van der Waals surface area contributed by atoms with Crippen LogP contribution in [0.15, 0.2) is 12.1 Å². The molecule has 1 rings (SSSR count). The number of carbonyl (C=O) groups is 1. The molecule has 0 aliphatic heterocycles. The summed E-state index contributed by atoms with van der Waals surface area (Å²) in [6, 6.07) is 4.09. The second-order valence-electron chi connectivity index (χ2n) is 4.52. The van der Waals surface area contributed by atoms with Crippen LogP contribution in [-0.4, -0.2) is 11.1 Å². The molecular formula is C14H21NO2. The predicted molar refractivity (Wildman–Crippen MR) is 69.1 cm³/mol. The number of aliphatic carboxylic acids is 1. The number of hydrogen-bond donors (Lipinski definition) is 2. The van der Waals surface area contributed by atoms with Crippen molar-refractivity contribution < 1.29 is 9.90 Å². The van der Waals surface area contributed by atoms with Crippen molar-refractivity contribution in [3.8, 4) is 0 Å². The fraction of sp³-hybridized carbons (Fsp3) is 0.500. The van der Waals surface area contributed by atoms with Crippen LogP contribution >= 0.6 is 0 Å². The Balaban J connectivity index is 2.95. The van der Waals surface area contributed by atoms with E-state index in [1.165, 1.54) is 16.7 Å². The Morgan fingerprint density at radius 2 is 2.06 bits per heavy atom. The van der Waals surface area contributed by atoms with Crippen LogP contribution in [0.25, 0.3) is 0 Å². The summed E-state index contributed by atoms with van der Waals surface area (Å²) in [7, 11) is 0. The minimum atomic E-state index is -0.790. The van der Waals surface area contributed by atoms with Gasteiger partial charge in [0.1, 0.15) is 0 Å². The van der Waals surface area contributed by atoms with Gasteiger partial charge in [0.25, 0.3) is 0 Å². The Bertz CT molecular complexity index is 413. The maximum absolute atomic E-state index is 10.6. The molecule has 3 N–H and O–H groups in total. The summed E-state index contributed by atoms with van der Waals surface area (Å²) in [5.74, 6) is -0.790. The predicted octanol–water partition coefficient (Wildman–Crippen LogP) is 2.73. The number of nitrogens with two attached hydrogens (primary N) is 1. The van der Waals surface area contributed by atoms with Crippen molar-refractivity contribution in [3.05, 3.63) is 34.4 Å². The van der Waals surface area contributed by atoms with E-state index in [2.05, 4.69) is 26.0 Å². The molecule has 1 aromatic carbocycles. The Morgan fingerprint density at radius 1 is 1.41 bits per heavy atom. The average molecular weight is 235 g/mol. The van der Waals surface area contributed by atoms with E-state index in [1.54, 1.807) is 0 Å². The molecule has 0 radical (unpaired) electrons. The first-order valence-electron chi connectivity index (χ1n) is 6.03. The molecule has 0 aliphatic carbocycles. The highest BCUT2D eigenvalue weighted by Gasteiger charge is 2.13. The lowest BCUT2D eigenvalue weighted by atomic mass is 9.92. The van der Waals surface area contributed by atoms with E-state index in [-0.39, 0.29) is 12.5 Å². The normalized spacial score (nSPS) is 12.5. The number of carboxylic acids is 1. The van der Waals surface area contributed by atoms with E-state index in [0.29, 0.717) is 6.42 Å². The van der Waals surface area contributed by atoms with Gasteiger partial charge in [0.2, 0.25) is 0 Å². The van der Waals surface area contributed by atoms with Gasteiger partial charge in [-0.3, -0.25) is 4.79 Å². The minimum absolute atomic E-state index is 0.121. The summed E-state index contributed by atoms with van der Waals surface area (Å²) < 4.78 is 0. The third-order valence-electron chi connectivity index (χ3n) is 3.24. The first-order chi connectivity index (χ1) is 7.95. The highest BCUT2D eigenvalue weighted by atomic mass is 16.4. The molecule has 17 heavy (non-hydrogen) atoms. The maximum atomic E-state index is 10.6. The lowest BCUT2D eigenvalue weighted by Crippen LogP contribution is -2.14. The fourth-order valence-corrected chi connectivity index (χ4v) is 1.99. The Labute approximate surface area is 103 Å². The van der Waals surface area contributed by atoms with Crippen LogP contribution in [0.1, 0.15) is 48.1 Å². The number of rotatable bonds is 5. The second kappa shape index (κ2) is 5.82. The molecule has 0 aromatic heterocycles. The monoisotopic (exact) mass is 235 g/mol. The zero-order valence-corrected chi connectivity index (χ0v) is 10.8. The van der Waals surface area contributed by atoms with Crippen LogP contribution in [0.2, 0.25) is 0 Å². The molecule has 0 saturated carbocycles. The molecule has 0 saturated heterocycles. The van der Waals surface area contributed by atoms with Crippen LogP contribution in [0, 0.1) is 13.8 Å². The SMILES string of the molecule is CCc1cc(C)c(C)c(C(N)CCC(=O)O)c1. The fourth-order valence-electron chi connectivity index (χ4n) is 1.99. The molecule has 1 atom stereocenters. The van der Waals surface area contributed by atoms with E-state index < -0.39 is 5.97 Å². The molecule has 0 bridgehead atoms. The quantitative estimate of drug-likeness (QED) is 0.824. The molecule has 0 fully saturated rings. The van der Waals surface area contributed by atoms with Gasteiger partial charge in [-0.1, -0.05) is 19.1 Å². The van der Waals surface area contributed by atoms with Gasteiger partial charge in [-0.25, -0.2) is 0 Å². The second-order valence-corrected chi connectivity index (χ2v) is 4.52. The highest BCUT2D eigenvalue weighted by molar-refractivity contribution is 5.66. The molecule has 3 heteroatoms. The van der Waals surface area contributed by atoms with Crippen molar-refractivity contribution in [1.29, 1.82) is 0 Å². The van der Waals surface area contributed by atoms with Gasteiger partial charge >= 0.3 is 5.97 Å². The highest BCUT2D eigenvalue weighted by Crippen LogP contribution is 2.24. The zero-order chi connectivity index (χ0) is 13.0. The van der Waals surface area contributed by atoms with E-state index >= 15 is 0 Å². The first kappa shape index (κ1) is 13.7. The van der Waals surface area contributed by atoms with E-state index in [0.717, 1.165) is 12.0 Å². The summed E-state index contributed by atoms with van der Waals surface area (Å²) in [5.41, 5.74) is 10.8. The summed E-state index contributed by atoms with van der Waals surface area (Å²) in [5, 5.41) is 8.68. The van der Waals surface area contributed by atoms with Crippen molar-refractivity contribution in [1.82, 2.24) is 0 Å². The molecule has 1 aromatic rings. The van der Waals surface area contributed by atoms with Crippen molar-refractivity contribution in [2.45, 2.75) is 46.1 Å². The van der Waals surface area contributed by atoms with Crippen molar-refractivity contribution in [2.24, 2.45) is 5.73 Å². The van der Waals surface area contributed by atoms with Crippen molar-refractivity contribution in [3.63, 3.8) is 0 Å². The number of carboxylic acid groups (broad SMARTS) is 1. The molecule has 0 amide bonds. The maximum Gasteiger partial charge on any atom is 0.303 e. The van der Waals surface area contributed by atoms with Gasteiger partial charge in [0.05, 0.1) is 0 Å². The van der Waals surface area contributed by atoms with Gasteiger partial charge in [-0.05, 0) is 48.9 Å². The zero-order valence-electron chi connectivity index (χ0n) is 10.8. The van der Waals surface area contributed by atoms with Crippen LogP contribution in [0.5, 0.6) is 0 Å². The molecule has 0 spiro atoms. The number of aryl methyl sites for hydroxylation is 2. The van der Waals surface area contributed by atoms with Crippen molar-refractivity contribution in [2.75, 3.05) is 0 Å². The van der Waals surface area contributed by atoms with Gasteiger partial charge in [0, 0.05) is 12.5 Å². The third kappa shape index (κ3) is 3.56. The van der Waals surface area contributed by atoms with Crippen molar-refractivity contribution >= 4 is 5.97 Å². The van der Waals surface area contributed by atoms with Crippen LogP contribution in [0.4, 0.5) is 0 Å². The lowest BCUT2D eigenvalue weighted by Gasteiger charge is -2.17. The first-order valence-corrected chi connectivity index (χ1v) is 6.03. The number of benzene rings is 1. The van der Waals surface area contributed by atoms with Gasteiger partial charge in [0.15, 0.2) is 0 Å². The summed E-state index contributed by atoms with van der Waals surface area (Å²) >= 11 is 0. The minimum Gasteiger partial charge on any atom is -0.481 e. The standard InChI is InChI=1S/C14H21NO2/c1-4-11-7-9(2)10(3)12(8-11)13(15)5-6-14(16)17/h7-8,13H,4-6,15H2,1-3H3,(H,16,17). The lowest BCUT2D eigenvalue weighted by molar-refractivity contribution is -0.137. The van der Waals surface area contributed by atoms with E-state index in [9.17, 15) is 4.79 Å². The average Bonchev–Trinajstić information content (AvgIpc) is 2.29. The Morgan fingerprint density at radius 3 is 2.59 bits per heavy atom. The Hall–Kier alpha value is -1.35. The largest absolute Gasteiger partial charge is 0.481 e. The summed E-state index contributed by atoms with van der Waals surface area (Å²) in [6.07, 6.45) is 1.58. The molecule has 0 heterocycles. The van der Waals surface area contributed by atoms with Crippen LogP contribution in [0.3, 0.4) is 0 Å². The smallest absolute Gasteiger partial charge is 0.303 e.